The SMILES string of the molecule is O=C(NCCF)c1ccc2c(c1)N=C(Cl)c1ccccc1S2. The lowest BCUT2D eigenvalue weighted by molar-refractivity contribution is 0.0951. The van der Waals surface area contributed by atoms with Crippen LogP contribution in [0.1, 0.15) is 15.9 Å². The predicted molar refractivity (Wildman–Crippen MR) is 87.4 cm³/mol. The van der Waals surface area contributed by atoms with Gasteiger partial charge < -0.3 is 5.32 Å². The number of carbonyl (C=O) groups is 1. The molecule has 3 rings (SSSR count). The van der Waals surface area contributed by atoms with Gasteiger partial charge in [0.25, 0.3) is 5.91 Å². The molecule has 1 amide bonds. The van der Waals surface area contributed by atoms with Crippen molar-refractivity contribution in [1.29, 1.82) is 0 Å². The zero-order valence-corrected chi connectivity index (χ0v) is 13.0. The zero-order chi connectivity index (χ0) is 15.5. The van der Waals surface area contributed by atoms with Crippen molar-refractivity contribution in [1.82, 2.24) is 5.32 Å². The summed E-state index contributed by atoms with van der Waals surface area (Å²) in [4.78, 5) is 18.3. The Kier molecular flexibility index (Phi) is 4.45. The van der Waals surface area contributed by atoms with E-state index in [1.54, 1.807) is 23.9 Å². The Morgan fingerprint density at radius 2 is 2.05 bits per heavy atom. The minimum Gasteiger partial charge on any atom is -0.349 e. The Hall–Kier alpha value is -1.85. The quantitative estimate of drug-likeness (QED) is 0.915. The number of nitrogens with zero attached hydrogens (tertiary/aromatic N) is 1. The summed E-state index contributed by atoms with van der Waals surface area (Å²) in [5, 5.41) is 2.89. The van der Waals surface area contributed by atoms with Crippen LogP contribution in [0.5, 0.6) is 0 Å². The van der Waals surface area contributed by atoms with E-state index in [1.807, 2.05) is 30.3 Å². The van der Waals surface area contributed by atoms with Gasteiger partial charge in [-0.3, -0.25) is 4.79 Å². The second-order valence-corrected chi connectivity index (χ2v) is 6.07. The molecular weight excluding hydrogens is 323 g/mol. The van der Waals surface area contributed by atoms with Gasteiger partial charge in [0.15, 0.2) is 0 Å². The molecule has 1 heterocycles. The van der Waals surface area contributed by atoms with Gasteiger partial charge in [-0.1, -0.05) is 41.6 Å². The molecule has 0 saturated heterocycles. The summed E-state index contributed by atoms with van der Waals surface area (Å²) in [5.74, 6) is -0.321. The molecule has 1 N–H and O–H groups in total. The van der Waals surface area contributed by atoms with Gasteiger partial charge in [0.05, 0.1) is 5.69 Å². The third-order valence-corrected chi connectivity index (χ3v) is 4.58. The maximum Gasteiger partial charge on any atom is 0.251 e. The fourth-order valence-corrected chi connectivity index (χ4v) is 3.42. The highest BCUT2D eigenvalue weighted by Gasteiger charge is 2.17. The Labute approximate surface area is 136 Å². The molecule has 3 nitrogen and oxygen atoms in total. The van der Waals surface area contributed by atoms with Crippen molar-refractivity contribution in [3.8, 4) is 0 Å². The van der Waals surface area contributed by atoms with Crippen molar-refractivity contribution in [3.63, 3.8) is 0 Å². The average Bonchev–Trinajstić information content (AvgIpc) is 2.68. The first kappa shape index (κ1) is 15.1. The van der Waals surface area contributed by atoms with E-state index in [0.29, 0.717) is 16.4 Å². The molecule has 0 aromatic heterocycles. The lowest BCUT2D eigenvalue weighted by atomic mass is 10.2. The van der Waals surface area contributed by atoms with Crippen LogP contribution in [0.25, 0.3) is 0 Å². The van der Waals surface area contributed by atoms with Crippen LogP contribution in [0.15, 0.2) is 57.2 Å². The first-order valence-electron chi connectivity index (χ1n) is 6.68. The molecule has 22 heavy (non-hydrogen) atoms. The Bertz CT molecular complexity index is 764. The molecule has 0 unspecified atom stereocenters. The topological polar surface area (TPSA) is 41.5 Å². The normalized spacial score (nSPS) is 12.7. The van der Waals surface area contributed by atoms with Crippen LogP contribution in [0.4, 0.5) is 10.1 Å². The van der Waals surface area contributed by atoms with Crippen molar-refractivity contribution in [2.75, 3.05) is 13.2 Å². The number of amides is 1. The number of alkyl halides is 1. The van der Waals surface area contributed by atoms with Gasteiger partial charge >= 0.3 is 0 Å². The van der Waals surface area contributed by atoms with Crippen LogP contribution in [0.2, 0.25) is 0 Å². The minimum atomic E-state index is -0.591. The molecule has 1 aliphatic rings. The molecule has 1 aliphatic heterocycles. The predicted octanol–water partition coefficient (Wildman–Crippen LogP) is 4.17. The Morgan fingerprint density at radius 1 is 1.23 bits per heavy atom. The number of fused-ring (bicyclic) bond motifs is 2. The van der Waals surface area contributed by atoms with Gasteiger partial charge in [-0.15, -0.1) is 0 Å². The van der Waals surface area contributed by atoms with Crippen molar-refractivity contribution >= 4 is 40.1 Å². The second-order valence-electron chi connectivity index (χ2n) is 4.63. The number of hydrogen-bond donors (Lipinski definition) is 1. The molecule has 6 heteroatoms. The third kappa shape index (κ3) is 3.00. The summed E-state index contributed by atoms with van der Waals surface area (Å²) in [6, 6.07) is 13.0. The fourth-order valence-electron chi connectivity index (χ4n) is 2.11. The van der Waals surface area contributed by atoms with Gasteiger partial charge in [-0.25, -0.2) is 9.38 Å². The number of benzene rings is 2. The molecular formula is C16H12ClFN2OS. The van der Waals surface area contributed by atoms with Crippen LogP contribution < -0.4 is 5.32 Å². The molecule has 0 aliphatic carbocycles. The van der Waals surface area contributed by atoms with Crippen LogP contribution >= 0.6 is 23.4 Å². The van der Waals surface area contributed by atoms with E-state index in [-0.39, 0.29) is 12.5 Å². The molecule has 0 saturated carbocycles. The Balaban J connectivity index is 1.98. The average molecular weight is 335 g/mol. The molecule has 2 aromatic carbocycles. The molecule has 0 spiro atoms. The number of halogens is 2. The van der Waals surface area contributed by atoms with Crippen LogP contribution in [-0.2, 0) is 0 Å². The van der Waals surface area contributed by atoms with Crippen molar-refractivity contribution in [2.45, 2.75) is 9.79 Å². The van der Waals surface area contributed by atoms with Gasteiger partial charge in [-0.2, -0.15) is 0 Å². The number of hydrogen-bond acceptors (Lipinski definition) is 3. The van der Waals surface area contributed by atoms with Crippen LogP contribution in [0.3, 0.4) is 0 Å². The van der Waals surface area contributed by atoms with Gasteiger partial charge in [0.2, 0.25) is 0 Å². The number of nitrogens with one attached hydrogen (secondary N) is 1. The van der Waals surface area contributed by atoms with E-state index in [2.05, 4.69) is 10.3 Å². The summed E-state index contributed by atoms with van der Waals surface area (Å²) in [6.45, 7) is -0.591. The summed E-state index contributed by atoms with van der Waals surface area (Å²) >= 11 is 7.84. The number of rotatable bonds is 3. The first-order valence-corrected chi connectivity index (χ1v) is 7.88. The molecule has 112 valence electrons. The monoisotopic (exact) mass is 334 g/mol. The first-order chi connectivity index (χ1) is 10.7. The Morgan fingerprint density at radius 3 is 2.86 bits per heavy atom. The largest absolute Gasteiger partial charge is 0.349 e. The molecule has 0 fully saturated rings. The second kappa shape index (κ2) is 6.50. The number of carbonyl (C=O) groups excluding carboxylic acids is 1. The standard InChI is InChI=1S/C16H12ClFN2OS/c17-15-11-3-1-2-4-13(11)22-14-6-5-10(9-12(14)20-15)16(21)19-8-7-18/h1-6,9H,7-8H2,(H,19,21). The molecule has 2 aromatic rings. The maximum absolute atomic E-state index is 12.1. The van der Waals surface area contributed by atoms with Crippen LogP contribution in [0, 0.1) is 0 Å². The van der Waals surface area contributed by atoms with Gasteiger partial charge in [0.1, 0.15) is 11.8 Å². The zero-order valence-electron chi connectivity index (χ0n) is 11.5. The van der Waals surface area contributed by atoms with E-state index < -0.39 is 6.67 Å². The van der Waals surface area contributed by atoms with E-state index in [1.165, 1.54) is 0 Å². The van der Waals surface area contributed by atoms with E-state index in [4.69, 9.17) is 11.6 Å². The maximum atomic E-state index is 12.1. The van der Waals surface area contributed by atoms with Gasteiger partial charge in [0, 0.05) is 27.5 Å². The van der Waals surface area contributed by atoms with Crippen molar-refractivity contribution in [2.24, 2.45) is 4.99 Å². The number of aliphatic imine (C=N–C) groups is 1. The molecule has 0 bridgehead atoms. The molecule has 0 atom stereocenters. The smallest absolute Gasteiger partial charge is 0.251 e. The van der Waals surface area contributed by atoms with Crippen molar-refractivity contribution in [3.05, 3.63) is 53.6 Å². The summed E-state index contributed by atoms with van der Waals surface area (Å²) in [7, 11) is 0. The summed E-state index contributed by atoms with van der Waals surface area (Å²) in [5.41, 5.74) is 1.94. The highest BCUT2D eigenvalue weighted by molar-refractivity contribution is 7.99. The summed E-state index contributed by atoms with van der Waals surface area (Å²) in [6.07, 6.45) is 0. The third-order valence-electron chi connectivity index (χ3n) is 3.15. The highest BCUT2D eigenvalue weighted by atomic mass is 35.5. The van der Waals surface area contributed by atoms with Crippen molar-refractivity contribution < 1.29 is 9.18 Å². The molecule has 0 radical (unpaired) electrons. The van der Waals surface area contributed by atoms with E-state index >= 15 is 0 Å². The summed E-state index contributed by atoms with van der Waals surface area (Å²) < 4.78 is 12.1. The van der Waals surface area contributed by atoms with E-state index in [9.17, 15) is 9.18 Å². The fraction of sp³-hybridized carbons (Fsp3) is 0.125. The highest BCUT2D eigenvalue weighted by Crippen LogP contribution is 2.41. The van der Waals surface area contributed by atoms with Crippen LogP contribution in [-0.4, -0.2) is 24.3 Å². The van der Waals surface area contributed by atoms with Gasteiger partial charge in [-0.05, 0) is 24.3 Å². The lowest BCUT2D eigenvalue weighted by Gasteiger charge is -2.07. The minimum absolute atomic E-state index is 0.000132. The van der Waals surface area contributed by atoms with E-state index in [0.717, 1.165) is 15.4 Å². The lowest BCUT2D eigenvalue weighted by Crippen LogP contribution is -2.25.